The van der Waals surface area contributed by atoms with Gasteiger partial charge in [-0.05, 0) is 12.2 Å². The summed E-state index contributed by atoms with van der Waals surface area (Å²) in [6, 6.07) is 0. The van der Waals surface area contributed by atoms with Gasteiger partial charge in [0.25, 0.3) is 0 Å². The summed E-state index contributed by atoms with van der Waals surface area (Å²) >= 11 is 4.12. The van der Waals surface area contributed by atoms with E-state index >= 15 is 0 Å². The number of aliphatic carboxylic acids is 1. The first-order valence-corrected chi connectivity index (χ1v) is 2.57. The second-order valence-electron chi connectivity index (χ2n) is 1.45. The van der Waals surface area contributed by atoms with E-state index in [-0.39, 0.29) is 49.7 Å². The topological polar surface area (TPSA) is 77.8 Å². The number of thiocarbonyl (C=S) groups is 1. The summed E-state index contributed by atoms with van der Waals surface area (Å²) in [6.07, 6.45) is -1.97. The van der Waals surface area contributed by atoms with Crippen LogP contribution in [0.15, 0.2) is 0 Å². The first-order valence-electron chi connectivity index (χ1n) is 2.16. The van der Waals surface area contributed by atoms with Gasteiger partial charge in [0, 0.05) is 0 Å². The molecule has 1 unspecified atom stereocenters. The van der Waals surface area contributed by atoms with Crippen molar-refractivity contribution in [1.29, 1.82) is 0 Å². The Kier molecular flexibility index (Phi) is 14.2. The molecule has 7 heteroatoms. The van der Waals surface area contributed by atoms with Crippen molar-refractivity contribution in [2.45, 2.75) is 12.5 Å². The van der Waals surface area contributed by atoms with Gasteiger partial charge in [-0.1, -0.05) is 0 Å². The predicted molar refractivity (Wildman–Crippen MR) is 50.6 cm³/mol. The molecule has 0 aromatic carbocycles. The van der Waals surface area contributed by atoms with Crippen molar-refractivity contribution in [3.63, 3.8) is 0 Å². The van der Waals surface area contributed by atoms with Crippen LogP contribution in [0, 0.1) is 0 Å². The first-order chi connectivity index (χ1) is 4.04. The minimum atomic E-state index is -1.58. The number of rotatable bonds is 3. The second-order valence-corrected chi connectivity index (χ2v) is 1.92. The molecule has 0 fully saturated rings. The van der Waals surface area contributed by atoms with E-state index in [1.807, 2.05) is 0 Å². The molecule has 3 N–H and O–H groups in total. The van der Waals surface area contributed by atoms with E-state index in [9.17, 15) is 4.79 Å². The number of carboxylic acid groups (broad SMARTS) is 1. The van der Waals surface area contributed by atoms with Gasteiger partial charge in [-0.3, -0.25) is 0 Å². The molecule has 0 spiro atoms. The third-order valence-corrected chi connectivity index (χ3v) is 0.820. The molecule has 0 aromatic rings. The average molecular weight is 283 g/mol. The SMILES string of the molecule is O=C(O)C(O)CC(O)=S.[LiH].[SbH3]. The van der Waals surface area contributed by atoms with Crippen molar-refractivity contribution in [2.75, 3.05) is 0 Å². The summed E-state index contributed by atoms with van der Waals surface area (Å²) in [5.41, 5.74) is 0. The molecule has 11 heavy (non-hydrogen) atoms. The zero-order chi connectivity index (χ0) is 7.44. The van der Waals surface area contributed by atoms with Crippen molar-refractivity contribution in [2.24, 2.45) is 0 Å². The number of aliphatic hydroxyl groups is 2. The molecule has 0 radical (unpaired) electrons. The third kappa shape index (κ3) is 10.7. The zero-order valence-corrected chi connectivity index (χ0v) is 10.0. The summed E-state index contributed by atoms with van der Waals surface area (Å²) < 4.78 is 0. The van der Waals surface area contributed by atoms with Crippen LogP contribution in [0.25, 0.3) is 0 Å². The van der Waals surface area contributed by atoms with Crippen molar-refractivity contribution in [3.05, 3.63) is 0 Å². The second kappa shape index (κ2) is 8.83. The van der Waals surface area contributed by atoms with E-state index in [2.05, 4.69) is 12.2 Å². The van der Waals surface area contributed by atoms with Crippen LogP contribution in [0.3, 0.4) is 0 Å². The molecule has 1 atom stereocenters. The maximum atomic E-state index is 9.81. The molecule has 0 rings (SSSR count). The summed E-state index contributed by atoms with van der Waals surface area (Å²) in [5, 5.41) is 24.2. The quantitative estimate of drug-likeness (QED) is 0.407. The average Bonchev–Trinajstić information content (AvgIpc) is 1.63. The van der Waals surface area contributed by atoms with E-state index in [0.29, 0.717) is 0 Å². The number of hydrogen-bond acceptors (Lipinski definition) is 3. The number of hydrogen-bond donors (Lipinski definition) is 3. The first kappa shape index (κ1) is 17.7. The molecule has 0 aliphatic heterocycles. The van der Waals surface area contributed by atoms with Crippen LogP contribution in [-0.4, -0.2) is 75.7 Å². The molecular formula is C4H10LiO4SSb. The van der Waals surface area contributed by atoms with Gasteiger partial charge in [0.05, 0.1) is 6.42 Å². The van der Waals surface area contributed by atoms with Crippen LogP contribution in [0.1, 0.15) is 6.42 Å². The number of carboxylic acids is 1. The van der Waals surface area contributed by atoms with E-state index in [4.69, 9.17) is 15.3 Å². The van der Waals surface area contributed by atoms with Crippen LogP contribution in [0.2, 0.25) is 0 Å². The third-order valence-electron chi connectivity index (χ3n) is 0.653. The van der Waals surface area contributed by atoms with Gasteiger partial charge >= 0.3 is 49.3 Å². The molecule has 0 saturated heterocycles. The van der Waals surface area contributed by atoms with Crippen LogP contribution in [0.4, 0.5) is 0 Å². The summed E-state index contributed by atoms with van der Waals surface area (Å²) in [5.74, 6) is -1.38. The molecule has 0 aliphatic rings. The van der Waals surface area contributed by atoms with E-state index in [1.54, 1.807) is 0 Å². The molecule has 0 saturated carbocycles. The van der Waals surface area contributed by atoms with E-state index in [0.717, 1.165) is 0 Å². The molecule has 0 amide bonds. The Bertz CT molecular complexity index is 142. The fraction of sp³-hybridized carbons (Fsp3) is 0.500. The van der Waals surface area contributed by atoms with Gasteiger partial charge in [-0.15, -0.1) is 0 Å². The van der Waals surface area contributed by atoms with E-state index in [1.165, 1.54) is 0 Å². The Morgan fingerprint density at radius 2 is 1.82 bits per heavy atom. The van der Waals surface area contributed by atoms with Gasteiger partial charge in [0.2, 0.25) is 0 Å². The Morgan fingerprint density at radius 1 is 1.45 bits per heavy atom. The molecule has 0 heterocycles. The molecule has 0 aromatic heterocycles. The molecule has 4 nitrogen and oxygen atoms in total. The Balaban J connectivity index is -0.000000320. The molecule has 0 aliphatic carbocycles. The fourth-order valence-electron chi connectivity index (χ4n) is 0.253. The molecular weight excluding hydrogens is 273 g/mol. The summed E-state index contributed by atoms with van der Waals surface area (Å²) in [4.78, 5) is 9.81. The van der Waals surface area contributed by atoms with Crippen molar-refractivity contribution < 1.29 is 20.1 Å². The Labute approximate surface area is 98.6 Å². The normalized spacial score (nSPS) is 10.3. The Hall–Kier alpha value is 0.736. The van der Waals surface area contributed by atoms with E-state index < -0.39 is 17.1 Å². The standard InChI is InChI=1S/C4H6O4S.Li.Sb.4H/c5-2(4(7)8)1-3(6)9;;;;;;/h2,5H,1H2,(H,6,9)(H,7,8);;;;;;. The van der Waals surface area contributed by atoms with Gasteiger partial charge < -0.3 is 15.3 Å². The van der Waals surface area contributed by atoms with Crippen molar-refractivity contribution in [3.8, 4) is 0 Å². The maximum absolute atomic E-state index is 9.81. The minimum absolute atomic E-state index is 0. The van der Waals surface area contributed by atoms with Gasteiger partial charge in [-0.2, -0.15) is 0 Å². The number of aliphatic hydroxyl groups excluding tert-OH is 2. The van der Waals surface area contributed by atoms with Gasteiger partial charge in [-0.25, -0.2) is 4.79 Å². The summed E-state index contributed by atoms with van der Waals surface area (Å²) in [7, 11) is 0. The number of carbonyl (C=O) groups is 1. The molecule has 62 valence electrons. The van der Waals surface area contributed by atoms with Crippen molar-refractivity contribution >= 4 is 66.5 Å². The summed E-state index contributed by atoms with van der Waals surface area (Å²) in [6.45, 7) is 0. The van der Waals surface area contributed by atoms with Gasteiger partial charge in [0.1, 0.15) is 0 Å². The van der Waals surface area contributed by atoms with Crippen LogP contribution >= 0.6 is 12.2 Å². The van der Waals surface area contributed by atoms with Crippen LogP contribution < -0.4 is 0 Å². The zero-order valence-electron chi connectivity index (χ0n) is 5.15. The monoisotopic (exact) mass is 282 g/mol. The van der Waals surface area contributed by atoms with Crippen molar-refractivity contribution in [1.82, 2.24) is 0 Å². The predicted octanol–water partition coefficient (Wildman–Crippen LogP) is -2.13. The Morgan fingerprint density at radius 3 is 1.91 bits per heavy atom. The fourth-order valence-corrected chi connectivity index (χ4v) is 0.411. The van der Waals surface area contributed by atoms with Crippen LogP contribution in [0.5, 0.6) is 0 Å². The molecule has 0 bridgehead atoms. The van der Waals surface area contributed by atoms with Gasteiger partial charge in [0.15, 0.2) is 11.2 Å². The van der Waals surface area contributed by atoms with Crippen LogP contribution in [-0.2, 0) is 4.79 Å².